The Labute approximate surface area is 477 Å². The lowest BCUT2D eigenvalue weighted by molar-refractivity contribution is 0.807. The zero-order valence-corrected chi connectivity index (χ0v) is 45.1. The van der Waals surface area contributed by atoms with E-state index in [1.807, 2.05) is 45.8 Å². The molecule has 83 heavy (non-hydrogen) atoms. The standard InChI is InChI=1S/C73H50N10/c1-49-72(80-66-34-18-14-30-60(66)62-47-56(38-40-68(62)80)78(52-22-6-2-7-23-52)53-24-8-3-9-25-53)44-51(50-42-58(82-70-36-20-16-32-64(70)74-76-82)46-59(43-50)83-71-37-21-17-33-65(71)75-77-83)45-73(49)81-67-35-19-15-31-61(67)63-48-57(39-41-69(63)81)79(54-26-10-4-11-27-54)55-28-12-5-13-29-55/h2-48H,1H3. The highest BCUT2D eigenvalue weighted by Crippen LogP contribution is 2.45. The summed E-state index contributed by atoms with van der Waals surface area (Å²) in [6, 6.07) is 101. The van der Waals surface area contributed by atoms with E-state index in [4.69, 9.17) is 10.4 Å². The maximum absolute atomic E-state index is 4.77. The number of hydrogen-bond donors (Lipinski definition) is 0. The Morgan fingerprint density at radius 2 is 0.614 bits per heavy atom. The molecule has 0 bridgehead atoms. The van der Waals surface area contributed by atoms with E-state index in [1.165, 1.54) is 0 Å². The smallest absolute Gasteiger partial charge is 0.113 e. The van der Waals surface area contributed by atoms with E-state index in [0.717, 1.165) is 139 Å². The molecule has 0 aliphatic carbocycles. The summed E-state index contributed by atoms with van der Waals surface area (Å²) in [6.07, 6.45) is 0. The van der Waals surface area contributed by atoms with E-state index in [0.29, 0.717) is 0 Å². The molecule has 12 aromatic carbocycles. The van der Waals surface area contributed by atoms with Crippen molar-refractivity contribution in [2.24, 2.45) is 0 Å². The van der Waals surface area contributed by atoms with Gasteiger partial charge in [0.25, 0.3) is 0 Å². The SMILES string of the molecule is Cc1c(-n2c3ccccc3c3cc(N(c4ccccc4)c4ccccc4)ccc32)cc(-c2cc(-n3nnc4ccccc43)cc(-n3nnc4ccccc43)c2)cc1-n1c2ccccc2c2cc(N(c3ccccc3)c3ccccc3)ccc21. The first-order valence-corrected chi connectivity index (χ1v) is 27.9. The van der Waals surface area contributed by atoms with Crippen LogP contribution in [0.2, 0.25) is 0 Å². The van der Waals surface area contributed by atoms with Crippen LogP contribution in [0.4, 0.5) is 34.1 Å². The molecule has 10 nitrogen and oxygen atoms in total. The first kappa shape index (κ1) is 47.6. The molecule has 0 amide bonds. The molecule has 0 atom stereocenters. The molecular formula is C73H50N10. The zero-order chi connectivity index (χ0) is 55.0. The maximum Gasteiger partial charge on any atom is 0.113 e. The van der Waals surface area contributed by atoms with Crippen LogP contribution in [0.3, 0.4) is 0 Å². The van der Waals surface area contributed by atoms with Crippen molar-refractivity contribution in [1.29, 1.82) is 0 Å². The first-order valence-electron chi connectivity index (χ1n) is 27.9. The lowest BCUT2D eigenvalue weighted by Crippen LogP contribution is -2.09. The van der Waals surface area contributed by atoms with Crippen LogP contribution in [0, 0.1) is 6.92 Å². The van der Waals surface area contributed by atoms with Gasteiger partial charge in [0.1, 0.15) is 11.0 Å². The fraction of sp³-hybridized carbons (Fsp3) is 0.0137. The lowest BCUT2D eigenvalue weighted by atomic mass is 9.99. The average molecular weight is 1070 g/mol. The highest BCUT2D eigenvalue weighted by molar-refractivity contribution is 6.13. The van der Waals surface area contributed by atoms with Gasteiger partial charge in [0, 0.05) is 55.7 Å². The highest BCUT2D eigenvalue weighted by Gasteiger charge is 2.24. The molecule has 16 rings (SSSR count). The van der Waals surface area contributed by atoms with Gasteiger partial charge in [0.15, 0.2) is 0 Å². The van der Waals surface area contributed by atoms with Gasteiger partial charge in [-0.2, -0.15) is 0 Å². The normalized spacial score (nSPS) is 11.7. The fourth-order valence-corrected chi connectivity index (χ4v) is 12.4. The topological polar surface area (TPSA) is 77.8 Å². The molecule has 0 spiro atoms. The van der Waals surface area contributed by atoms with Gasteiger partial charge < -0.3 is 18.9 Å². The third-order valence-corrected chi connectivity index (χ3v) is 16.1. The number of benzene rings is 12. The van der Waals surface area contributed by atoms with Crippen LogP contribution >= 0.6 is 0 Å². The summed E-state index contributed by atoms with van der Waals surface area (Å²) >= 11 is 0. The van der Waals surface area contributed by atoms with E-state index in [9.17, 15) is 0 Å². The molecule has 4 aromatic heterocycles. The van der Waals surface area contributed by atoms with E-state index >= 15 is 0 Å². The zero-order valence-electron chi connectivity index (χ0n) is 45.1. The Bertz CT molecular complexity index is 4730. The Kier molecular flexibility index (Phi) is 11.2. The van der Waals surface area contributed by atoms with Crippen LogP contribution in [0.15, 0.2) is 285 Å². The van der Waals surface area contributed by atoms with Crippen LogP contribution in [-0.2, 0) is 0 Å². The summed E-state index contributed by atoms with van der Waals surface area (Å²) < 4.78 is 8.79. The molecule has 0 N–H and O–H groups in total. The quantitative estimate of drug-likeness (QED) is 0.128. The predicted octanol–water partition coefficient (Wildman–Crippen LogP) is 18.3. The van der Waals surface area contributed by atoms with Crippen molar-refractivity contribution in [3.8, 4) is 33.9 Å². The van der Waals surface area contributed by atoms with Gasteiger partial charge in [0.05, 0.1) is 55.8 Å². The fourth-order valence-electron chi connectivity index (χ4n) is 12.4. The summed E-state index contributed by atoms with van der Waals surface area (Å²) in [7, 11) is 0. The molecule has 0 radical (unpaired) electrons. The molecule has 0 aliphatic heterocycles. The van der Waals surface area contributed by atoms with Gasteiger partial charge >= 0.3 is 0 Å². The van der Waals surface area contributed by atoms with E-state index < -0.39 is 0 Å². The van der Waals surface area contributed by atoms with Crippen molar-refractivity contribution in [2.75, 3.05) is 9.80 Å². The summed E-state index contributed by atoms with van der Waals surface area (Å²) in [6.45, 7) is 2.28. The molecule has 0 unspecified atom stereocenters. The number of aromatic nitrogens is 8. The first-order chi connectivity index (χ1) is 41.1. The van der Waals surface area contributed by atoms with E-state index in [1.54, 1.807) is 0 Å². The van der Waals surface area contributed by atoms with Gasteiger partial charge in [0.2, 0.25) is 0 Å². The van der Waals surface area contributed by atoms with Crippen LogP contribution in [0.25, 0.3) is 99.6 Å². The van der Waals surface area contributed by atoms with Gasteiger partial charge in [-0.05, 0) is 175 Å². The van der Waals surface area contributed by atoms with Crippen molar-refractivity contribution < 1.29 is 0 Å². The largest absolute Gasteiger partial charge is 0.310 e. The second kappa shape index (κ2) is 19.5. The molecule has 0 saturated heterocycles. The monoisotopic (exact) mass is 1070 g/mol. The number of nitrogens with zero attached hydrogens (tertiary/aromatic N) is 10. The van der Waals surface area contributed by atoms with Gasteiger partial charge in [-0.15, -0.1) is 10.2 Å². The Balaban J connectivity index is 0.975. The Hall–Kier alpha value is -11.4. The Morgan fingerprint density at radius 3 is 1.02 bits per heavy atom. The van der Waals surface area contributed by atoms with Gasteiger partial charge in [-0.1, -0.05) is 144 Å². The van der Waals surface area contributed by atoms with Crippen molar-refractivity contribution in [2.45, 2.75) is 6.92 Å². The molecule has 4 heterocycles. The summed E-state index contributed by atoms with van der Waals surface area (Å²) in [4.78, 5) is 4.67. The second-order valence-corrected chi connectivity index (χ2v) is 21.0. The second-order valence-electron chi connectivity index (χ2n) is 21.0. The van der Waals surface area contributed by atoms with Crippen molar-refractivity contribution >= 4 is 99.8 Å². The van der Waals surface area contributed by atoms with Crippen LogP contribution in [0.5, 0.6) is 0 Å². The van der Waals surface area contributed by atoms with Gasteiger partial charge in [-0.25, -0.2) is 9.36 Å². The highest BCUT2D eigenvalue weighted by atomic mass is 15.4. The minimum Gasteiger partial charge on any atom is -0.310 e. The predicted molar refractivity (Wildman–Crippen MR) is 340 cm³/mol. The Morgan fingerprint density at radius 1 is 0.277 bits per heavy atom. The number of rotatable bonds is 11. The number of anilines is 6. The van der Waals surface area contributed by atoms with Gasteiger partial charge in [-0.3, -0.25) is 0 Å². The van der Waals surface area contributed by atoms with Crippen LogP contribution < -0.4 is 9.80 Å². The lowest BCUT2D eigenvalue weighted by Gasteiger charge is -2.25. The van der Waals surface area contributed by atoms with Crippen molar-refractivity contribution in [1.82, 2.24) is 39.1 Å². The number of para-hydroxylation sites is 8. The molecule has 10 heteroatoms. The van der Waals surface area contributed by atoms with E-state index in [2.05, 4.69) is 285 Å². The molecule has 0 aliphatic rings. The minimum absolute atomic E-state index is 0.806. The third-order valence-electron chi connectivity index (χ3n) is 16.1. The molecule has 392 valence electrons. The summed E-state index contributed by atoms with van der Waals surface area (Å²) in [5.74, 6) is 0. The van der Waals surface area contributed by atoms with Crippen LogP contribution in [0.1, 0.15) is 5.56 Å². The molecule has 0 fully saturated rings. The minimum atomic E-state index is 0.806. The average Bonchev–Trinajstić information content (AvgIpc) is 4.23. The van der Waals surface area contributed by atoms with Crippen molar-refractivity contribution in [3.63, 3.8) is 0 Å². The maximum atomic E-state index is 4.77. The number of fused-ring (bicyclic) bond motifs is 8. The summed E-state index contributed by atoms with van der Waals surface area (Å²) in [5, 5.41) is 23.4. The van der Waals surface area contributed by atoms with E-state index in [-0.39, 0.29) is 0 Å². The molecular weight excluding hydrogens is 1020 g/mol. The molecule has 0 saturated carbocycles. The van der Waals surface area contributed by atoms with Crippen molar-refractivity contribution in [3.05, 3.63) is 291 Å². The third kappa shape index (κ3) is 7.95. The molecule has 16 aromatic rings. The number of hydrogen-bond acceptors (Lipinski definition) is 6. The summed E-state index contributed by atoms with van der Waals surface area (Å²) in [5.41, 5.74) is 21.1. The van der Waals surface area contributed by atoms with Crippen LogP contribution in [-0.4, -0.2) is 39.1 Å².